The second-order valence-corrected chi connectivity index (χ2v) is 3.74. The summed E-state index contributed by atoms with van der Waals surface area (Å²) < 4.78 is 23.2. The van der Waals surface area contributed by atoms with Crippen molar-refractivity contribution in [3.63, 3.8) is 0 Å². The number of benzene rings is 1. The van der Waals surface area contributed by atoms with E-state index < -0.39 is 0 Å². The van der Waals surface area contributed by atoms with Gasteiger partial charge < -0.3 is 8.94 Å². The highest BCUT2D eigenvalue weighted by Gasteiger charge is 2.13. The lowest BCUT2D eigenvalue weighted by molar-refractivity contribution is 0.397. The van der Waals surface area contributed by atoms with Crippen molar-refractivity contribution in [2.75, 3.05) is 0 Å². The van der Waals surface area contributed by atoms with Gasteiger partial charge in [0, 0.05) is 11.6 Å². The van der Waals surface area contributed by atoms with Gasteiger partial charge in [-0.2, -0.15) is 0 Å². The maximum Gasteiger partial charge on any atom is 0.270 e. The third-order valence-corrected chi connectivity index (χ3v) is 2.36. The molecule has 1 aromatic carbocycles. The highest BCUT2D eigenvalue weighted by molar-refractivity contribution is 5.55. The molecule has 0 N–H and O–H groups in total. The predicted octanol–water partition coefficient (Wildman–Crippen LogP) is 2.84. The van der Waals surface area contributed by atoms with Gasteiger partial charge in [-0.1, -0.05) is 5.16 Å². The van der Waals surface area contributed by atoms with Crippen molar-refractivity contribution in [2.24, 2.45) is 0 Å². The van der Waals surface area contributed by atoms with Crippen molar-refractivity contribution in [3.8, 4) is 23.0 Å². The fourth-order valence-electron chi connectivity index (χ4n) is 1.50. The van der Waals surface area contributed by atoms with Crippen LogP contribution in [0.1, 0.15) is 5.76 Å². The Morgan fingerprint density at radius 2 is 1.78 bits per heavy atom. The van der Waals surface area contributed by atoms with Gasteiger partial charge in [0.15, 0.2) is 5.69 Å². The van der Waals surface area contributed by atoms with Gasteiger partial charge in [0.2, 0.25) is 5.89 Å². The molecule has 6 heteroatoms. The fraction of sp³-hybridized carbons (Fsp3) is 0.0833. The maximum absolute atomic E-state index is 12.8. The second-order valence-electron chi connectivity index (χ2n) is 3.74. The first-order valence-electron chi connectivity index (χ1n) is 5.25. The van der Waals surface area contributed by atoms with Gasteiger partial charge in [0.05, 0.1) is 0 Å². The van der Waals surface area contributed by atoms with Crippen molar-refractivity contribution in [1.82, 2.24) is 15.4 Å². The highest BCUT2D eigenvalue weighted by atomic mass is 19.1. The van der Waals surface area contributed by atoms with E-state index in [0.29, 0.717) is 22.9 Å². The summed E-state index contributed by atoms with van der Waals surface area (Å²) in [5, 5.41) is 11.5. The quantitative estimate of drug-likeness (QED) is 0.694. The molecule has 90 valence electrons. The number of rotatable bonds is 2. The molecule has 3 rings (SSSR count). The largest absolute Gasteiger partial charge is 0.414 e. The van der Waals surface area contributed by atoms with Gasteiger partial charge >= 0.3 is 0 Å². The Labute approximate surface area is 101 Å². The highest BCUT2D eigenvalue weighted by Crippen LogP contribution is 2.23. The molecule has 0 amide bonds. The van der Waals surface area contributed by atoms with Crippen LogP contribution < -0.4 is 0 Å². The van der Waals surface area contributed by atoms with E-state index >= 15 is 0 Å². The summed E-state index contributed by atoms with van der Waals surface area (Å²) in [4.78, 5) is 0. The number of halogens is 1. The van der Waals surface area contributed by atoms with E-state index in [1.807, 2.05) is 0 Å². The molecule has 0 spiro atoms. The molecule has 2 heterocycles. The Kier molecular flexibility index (Phi) is 2.40. The Hall–Kier alpha value is -2.50. The molecule has 0 fully saturated rings. The molecule has 0 aliphatic carbocycles. The van der Waals surface area contributed by atoms with Crippen molar-refractivity contribution in [1.29, 1.82) is 0 Å². The minimum atomic E-state index is -0.314. The molecule has 3 aromatic rings. The van der Waals surface area contributed by atoms with Crippen molar-refractivity contribution in [2.45, 2.75) is 6.92 Å². The summed E-state index contributed by atoms with van der Waals surface area (Å²) in [6.45, 7) is 1.77. The second kappa shape index (κ2) is 4.06. The number of aryl methyl sites for hydroxylation is 1. The zero-order valence-corrected chi connectivity index (χ0v) is 9.42. The van der Waals surface area contributed by atoms with Crippen LogP contribution in [0.3, 0.4) is 0 Å². The minimum Gasteiger partial charge on any atom is -0.414 e. The molecule has 2 aromatic heterocycles. The third kappa shape index (κ3) is 1.88. The molecule has 0 radical (unpaired) electrons. The smallest absolute Gasteiger partial charge is 0.270 e. The standard InChI is InChI=1S/C12H8FN3O2/c1-7-6-10(16-18-7)12-15-14-11(17-12)8-2-4-9(13)5-3-8/h2-6H,1H3. The van der Waals surface area contributed by atoms with Crippen molar-refractivity contribution in [3.05, 3.63) is 41.9 Å². The summed E-state index contributed by atoms with van der Waals surface area (Å²) >= 11 is 0. The van der Waals surface area contributed by atoms with Gasteiger partial charge in [-0.15, -0.1) is 10.2 Å². The van der Waals surface area contributed by atoms with E-state index in [4.69, 9.17) is 8.94 Å². The number of hydrogen-bond donors (Lipinski definition) is 0. The van der Waals surface area contributed by atoms with E-state index in [1.54, 1.807) is 25.1 Å². The van der Waals surface area contributed by atoms with Gasteiger partial charge in [0.1, 0.15) is 11.6 Å². The normalized spacial score (nSPS) is 10.8. The number of nitrogens with zero attached hydrogens (tertiary/aromatic N) is 3. The van der Waals surface area contributed by atoms with Crippen LogP contribution in [-0.4, -0.2) is 15.4 Å². The van der Waals surface area contributed by atoms with E-state index in [-0.39, 0.29) is 11.7 Å². The number of aromatic nitrogens is 3. The van der Waals surface area contributed by atoms with Crippen LogP contribution in [0.25, 0.3) is 23.0 Å². The maximum atomic E-state index is 12.8. The number of hydrogen-bond acceptors (Lipinski definition) is 5. The molecule has 0 aliphatic heterocycles. The lowest BCUT2D eigenvalue weighted by Gasteiger charge is -1.92. The first-order valence-corrected chi connectivity index (χ1v) is 5.25. The van der Waals surface area contributed by atoms with Crippen molar-refractivity contribution >= 4 is 0 Å². The molecule has 0 unspecified atom stereocenters. The first kappa shape index (κ1) is 10.6. The molecule has 0 saturated heterocycles. The van der Waals surface area contributed by atoms with Gasteiger partial charge in [-0.05, 0) is 31.2 Å². The van der Waals surface area contributed by atoms with E-state index in [1.165, 1.54) is 12.1 Å². The topological polar surface area (TPSA) is 65.0 Å². The van der Waals surface area contributed by atoms with Crippen LogP contribution in [0.4, 0.5) is 4.39 Å². The van der Waals surface area contributed by atoms with E-state index in [0.717, 1.165) is 0 Å². The lowest BCUT2D eigenvalue weighted by atomic mass is 10.2. The fourth-order valence-corrected chi connectivity index (χ4v) is 1.50. The molecular formula is C12H8FN3O2. The Morgan fingerprint density at radius 3 is 2.44 bits per heavy atom. The summed E-state index contributed by atoms with van der Waals surface area (Å²) in [5.74, 6) is 0.925. The van der Waals surface area contributed by atoms with Crippen molar-refractivity contribution < 1.29 is 13.3 Å². The monoisotopic (exact) mass is 245 g/mol. The average molecular weight is 245 g/mol. The van der Waals surface area contributed by atoms with E-state index in [2.05, 4.69) is 15.4 Å². The molecular weight excluding hydrogens is 237 g/mol. The Balaban J connectivity index is 1.96. The van der Waals surface area contributed by atoms with E-state index in [9.17, 15) is 4.39 Å². The zero-order valence-electron chi connectivity index (χ0n) is 9.42. The SMILES string of the molecule is Cc1cc(-c2nnc(-c3ccc(F)cc3)o2)no1. The van der Waals surface area contributed by atoms with Crippen LogP contribution in [-0.2, 0) is 0 Å². The molecule has 0 atom stereocenters. The average Bonchev–Trinajstić information content (AvgIpc) is 2.98. The summed E-state index contributed by atoms with van der Waals surface area (Å²) in [6.07, 6.45) is 0. The molecule has 0 saturated carbocycles. The lowest BCUT2D eigenvalue weighted by Crippen LogP contribution is -1.78. The Bertz CT molecular complexity index is 673. The molecule has 0 bridgehead atoms. The summed E-state index contributed by atoms with van der Waals surface area (Å²) in [5.41, 5.74) is 1.13. The molecule has 0 aliphatic rings. The third-order valence-electron chi connectivity index (χ3n) is 2.36. The van der Waals surface area contributed by atoms with Gasteiger partial charge in [-0.3, -0.25) is 0 Å². The first-order chi connectivity index (χ1) is 8.72. The summed E-state index contributed by atoms with van der Waals surface area (Å²) in [6, 6.07) is 7.50. The van der Waals surface area contributed by atoms with Crippen LogP contribution in [0.2, 0.25) is 0 Å². The van der Waals surface area contributed by atoms with Gasteiger partial charge in [-0.25, -0.2) is 4.39 Å². The summed E-state index contributed by atoms with van der Waals surface area (Å²) in [7, 11) is 0. The van der Waals surface area contributed by atoms with Crippen LogP contribution in [0.5, 0.6) is 0 Å². The van der Waals surface area contributed by atoms with Crippen LogP contribution >= 0.6 is 0 Å². The Morgan fingerprint density at radius 1 is 1.06 bits per heavy atom. The molecule has 5 nitrogen and oxygen atoms in total. The zero-order chi connectivity index (χ0) is 12.5. The van der Waals surface area contributed by atoms with Crippen LogP contribution in [0.15, 0.2) is 39.3 Å². The predicted molar refractivity (Wildman–Crippen MR) is 59.9 cm³/mol. The van der Waals surface area contributed by atoms with Gasteiger partial charge in [0.25, 0.3) is 5.89 Å². The minimum absolute atomic E-state index is 0.270. The van der Waals surface area contributed by atoms with Crippen LogP contribution in [0, 0.1) is 12.7 Å². The molecule has 18 heavy (non-hydrogen) atoms.